The van der Waals surface area contributed by atoms with E-state index in [0.29, 0.717) is 36.4 Å². The lowest BCUT2D eigenvalue weighted by molar-refractivity contribution is -0.0573. The van der Waals surface area contributed by atoms with Crippen LogP contribution < -0.4 is 9.47 Å². The van der Waals surface area contributed by atoms with Gasteiger partial charge < -0.3 is 19.3 Å². The van der Waals surface area contributed by atoms with Crippen molar-refractivity contribution in [2.24, 2.45) is 13.0 Å². The van der Waals surface area contributed by atoms with E-state index in [1.165, 1.54) is 0 Å². The summed E-state index contributed by atoms with van der Waals surface area (Å²) in [5.74, 6) is 2.33. The van der Waals surface area contributed by atoms with Crippen LogP contribution in [0.2, 0.25) is 0 Å². The number of aryl methyl sites for hydroxylation is 1. The molecule has 0 aliphatic carbocycles. The highest BCUT2D eigenvalue weighted by atomic mass is 16.5. The zero-order chi connectivity index (χ0) is 26.3. The van der Waals surface area contributed by atoms with Crippen LogP contribution in [0.5, 0.6) is 17.4 Å². The smallest absolute Gasteiger partial charge is 0.222 e. The van der Waals surface area contributed by atoms with Gasteiger partial charge in [0.15, 0.2) is 11.5 Å². The lowest BCUT2D eigenvalue weighted by Gasteiger charge is -2.29. The monoisotopic (exact) mass is 495 g/mol. The van der Waals surface area contributed by atoms with E-state index >= 15 is 0 Å². The van der Waals surface area contributed by atoms with Crippen molar-refractivity contribution in [3.63, 3.8) is 0 Å². The first-order valence-corrected chi connectivity index (χ1v) is 12.5. The third-order valence-corrected chi connectivity index (χ3v) is 5.59. The average molecular weight is 496 g/mol. The minimum absolute atomic E-state index is 0.279. The summed E-state index contributed by atoms with van der Waals surface area (Å²) in [5.41, 5.74) is 2.53. The van der Waals surface area contributed by atoms with Gasteiger partial charge in [-0.1, -0.05) is 56.3 Å². The molecule has 0 spiro atoms. The van der Waals surface area contributed by atoms with Crippen molar-refractivity contribution < 1.29 is 19.3 Å². The average Bonchev–Trinajstić information content (AvgIpc) is 3.12. The van der Waals surface area contributed by atoms with Gasteiger partial charge in [-0.3, -0.25) is 4.90 Å². The maximum Gasteiger partial charge on any atom is 0.222 e. The summed E-state index contributed by atoms with van der Waals surface area (Å²) < 4.78 is 19.6. The van der Waals surface area contributed by atoms with E-state index in [1.807, 2.05) is 70.3 Å². The second-order valence-corrected chi connectivity index (χ2v) is 10.5. The standard InChI is InChI=1S/C29H41N3O4/c1-21(2)17-32(18-23(33)20-35-29(3,4)5)19-24-27(22-13-9-8-10-14-22)30-31(6)28(24)36-26-16-12-11-15-25(26)34-7/h8-16,21,23,33H,17-20H2,1-7H3. The minimum Gasteiger partial charge on any atom is -0.493 e. The molecule has 0 bridgehead atoms. The molecule has 0 saturated carbocycles. The molecule has 1 N–H and O–H groups in total. The molecule has 3 rings (SSSR count). The Bertz CT molecular complexity index is 1090. The first-order valence-electron chi connectivity index (χ1n) is 12.5. The predicted molar refractivity (Wildman–Crippen MR) is 144 cm³/mol. The van der Waals surface area contributed by atoms with Gasteiger partial charge in [0.1, 0.15) is 5.69 Å². The number of aliphatic hydroxyl groups excluding tert-OH is 1. The highest BCUT2D eigenvalue weighted by molar-refractivity contribution is 5.66. The zero-order valence-corrected chi connectivity index (χ0v) is 22.7. The summed E-state index contributed by atoms with van der Waals surface area (Å²) in [7, 11) is 3.52. The second kappa shape index (κ2) is 12.4. The Morgan fingerprint density at radius 2 is 1.61 bits per heavy atom. The summed E-state index contributed by atoms with van der Waals surface area (Å²) in [6, 6.07) is 17.7. The number of ether oxygens (including phenoxy) is 3. The van der Waals surface area contributed by atoms with Gasteiger partial charge in [-0.25, -0.2) is 4.68 Å². The zero-order valence-electron chi connectivity index (χ0n) is 22.7. The first-order chi connectivity index (χ1) is 17.1. The number of para-hydroxylation sites is 2. The van der Waals surface area contributed by atoms with Gasteiger partial charge in [0.2, 0.25) is 5.88 Å². The van der Waals surface area contributed by atoms with Gasteiger partial charge in [-0.05, 0) is 38.8 Å². The van der Waals surface area contributed by atoms with Crippen LogP contribution in [0.3, 0.4) is 0 Å². The molecule has 0 saturated heterocycles. The fourth-order valence-corrected chi connectivity index (χ4v) is 4.10. The van der Waals surface area contributed by atoms with Gasteiger partial charge in [-0.15, -0.1) is 0 Å². The molecule has 0 aliphatic rings. The molecule has 0 aliphatic heterocycles. The van der Waals surface area contributed by atoms with E-state index in [9.17, 15) is 5.11 Å². The third kappa shape index (κ3) is 7.82. The van der Waals surface area contributed by atoms with Crippen LogP contribution >= 0.6 is 0 Å². The fraction of sp³-hybridized carbons (Fsp3) is 0.483. The number of nitrogens with zero attached hydrogens (tertiary/aromatic N) is 3. The highest BCUT2D eigenvalue weighted by Gasteiger charge is 2.25. The van der Waals surface area contributed by atoms with E-state index in [1.54, 1.807) is 11.8 Å². The maximum absolute atomic E-state index is 10.8. The summed E-state index contributed by atoms with van der Waals surface area (Å²) in [4.78, 5) is 2.25. The van der Waals surface area contributed by atoms with Crippen LogP contribution in [0.15, 0.2) is 54.6 Å². The number of methoxy groups -OCH3 is 1. The molecular formula is C29H41N3O4. The predicted octanol–water partition coefficient (Wildman–Crippen LogP) is 5.52. The second-order valence-electron chi connectivity index (χ2n) is 10.5. The van der Waals surface area contributed by atoms with Gasteiger partial charge >= 0.3 is 0 Å². The number of aromatic nitrogens is 2. The molecule has 2 aromatic carbocycles. The topological polar surface area (TPSA) is 69.0 Å². The molecule has 36 heavy (non-hydrogen) atoms. The molecule has 1 unspecified atom stereocenters. The summed E-state index contributed by atoms with van der Waals surface area (Å²) >= 11 is 0. The Hall–Kier alpha value is -2.87. The maximum atomic E-state index is 10.8. The summed E-state index contributed by atoms with van der Waals surface area (Å²) in [6.45, 7) is 12.5. The number of aliphatic hydroxyl groups is 1. The molecule has 3 aromatic rings. The molecule has 1 aromatic heterocycles. The van der Waals surface area contributed by atoms with Crippen LogP contribution in [0.1, 0.15) is 40.2 Å². The molecule has 0 amide bonds. The number of hydrogen-bond donors (Lipinski definition) is 1. The Morgan fingerprint density at radius 1 is 0.972 bits per heavy atom. The van der Waals surface area contributed by atoms with E-state index < -0.39 is 6.10 Å². The van der Waals surface area contributed by atoms with Gasteiger partial charge in [0.05, 0.1) is 31.0 Å². The lowest BCUT2D eigenvalue weighted by Crippen LogP contribution is -2.38. The molecule has 196 valence electrons. The van der Waals surface area contributed by atoms with Gasteiger partial charge in [0.25, 0.3) is 0 Å². The number of rotatable bonds is 12. The number of benzene rings is 2. The lowest BCUT2D eigenvalue weighted by atomic mass is 10.1. The summed E-state index contributed by atoms with van der Waals surface area (Å²) in [6.07, 6.45) is -0.613. The van der Waals surface area contributed by atoms with Gasteiger partial charge in [-0.2, -0.15) is 5.10 Å². The normalized spacial score (nSPS) is 12.8. The molecule has 0 radical (unpaired) electrons. The molecular weight excluding hydrogens is 454 g/mol. The van der Waals surface area contributed by atoms with E-state index in [-0.39, 0.29) is 12.2 Å². The number of hydrogen-bond acceptors (Lipinski definition) is 6. The Morgan fingerprint density at radius 3 is 2.22 bits per heavy atom. The van der Waals surface area contributed by atoms with E-state index in [0.717, 1.165) is 23.4 Å². The van der Waals surface area contributed by atoms with E-state index in [4.69, 9.17) is 19.3 Å². The van der Waals surface area contributed by atoms with Crippen molar-refractivity contribution in [3.05, 3.63) is 60.2 Å². The van der Waals surface area contributed by atoms with Crippen LogP contribution in [0.4, 0.5) is 0 Å². The molecule has 1 heterocycles. The fourth-order valence-electron chi connectivity index (χ4n) is 4.10. The van der Waals surface area contributed by atoms with Crippen molar-refractivity contribution in [1.82, 2.24) is 14.7 Å². The van der Waals surface area contributed by atoms with Crippen LogP contribution in [0.25, 0.3) is 11.3 Å². The van der Waals surface area contributed by atoms with Crippen LogP contribution in [-0.2, 0) is 18.3 Å². The Balaban J connectivity index is 1.97. The van der Waals surface area contributed by atoms with Crippen molar-refractivity contribution in [2.75, 3.05) is 26.8 Å². The van der Waals surface area contributed by atoms with Crippen molar-refractivity contribution in [2.45, 2.75) is 52.9 Å². The Labute approximate surface area is 215 Å². The molecule has 7 heteroatoms. The summed E-state index contributed by atoms with van der Waals surface area (Å²) in [5, 5.41) is 15.7. The minimum atomic E-state index is -0.613. The quantitative estimate of drug-likeness (QED) is 0.357. The largest absolute Gasteiger partial charge is 0.493 e. The van der Waals surface area contributed by atoms with Gasteiger partial charge in [0, 0.05) is 32.2 Å². The molecule has 1 atom stereocenters. The first kappa shape index (κ1) is 27.7. The van der Waals surface area contributed by atoms with Crippen molar-refractivity contribution in [1.29, 1.82) is 0 Å². The Kier molecular flexibility index (Phi) is 9.54. The SMILES string of the molecule is COc1ccccc1Oc1c(CN(CC(C)C)CC(O)COC(C)(C)C)c(-c2ccccc2)nn1C. The highest BCUT2D eigenvalue weighted by Crippen LogP contribution is 2.37. The van der Waals surface area contributed by atoms with Crippen molar-refractivity contribution >= 4 is 0 Å². The molecule has 0 fully saturated rings. The van der Waals surface area contributed by atoms with Crippen LogP contribution in [0, 0.1) is 5.92 Å². The molecule has 7 nitrogen and oxygen atoms in total. The van der Waals surface area contributed by atoms with E-state index in [2.05, 4.69) is 30.9 Å². The third-order valence-electron chi connectivity index (χ3n) is 5.59. The van der Waals surface area contributed by atoms with Crippen LogP contribution in [-0.4, -0.2) is 58.3 Å². The van der Waals surface area contributed by atoms with Crippen molar-refractivity contribution in [3.8, 4) is 28.6 Å².